The molecule has 0 fully saturated rings. The molecule has 0 saturated heterocycles. The van der Waals surface area contributed by atoms with Crippen LogP contribution in [0.15, 0.2) is 55.0 Å². The normalized spacial score (nSPS) is 11.5. The lowest BCUT2D eigenvalue weighted by atomic mass is 9.98. The molecule has 0 bridgehead atoms. The van der Waals surface area contributed by atoms with Gasteiger partial charge in [0.2, 0.25) is 0 Å². The van der Waals surface area contributed by atoms with Gasteiger partial charge in [-0.25, -0.2) is 9.97 Å². The van der Waals surface area contributed by atoms with E-state index in [4.69, 9.17) is 4.98 Å². The number of rotatable bonds is 3. The molecule has 120 valence electrons. The topological polar surface area (TPSA) is 42.2 Å². The highest BCUT2D eigenvalue weighted by atomic mass is 15.1. The third kappa shape index (κ3) is 2.31. The Morgan fingerprint density at radius 1 is 1.00 bits per heavy atom. The van der Waals surface area contributed by atoms with Gasteiger partial charge >= 0.3 is 0 Å². The Bertz CT molecular complexity index is 1030. The van der Waals surface area contributed by atoms with Gasteiger partial charge in [0.25, 0.3) is 0 Å². The molecule has 0 unspecified atom stereocenters. The number of hydrogen-bond acceptors (Lipinski definition) is 3. The zero-order valence-corrected chi connectivity index (χ0v) is 14.1. The van der Waals surface area contributed by atoms with Crippen LogP contribution in [0.2, 0.25) is 0 Å². The maximum absolute atomic E-state index is 4.84. The summed E-state index contributed by atoms with van der Waals surface area (Å²) in [5, 5.41) is 3.57. The van der Waals surface area contributed by atoms with Gasteiger partial charge in [-0.1, -0.05) is 44.2 Å². The van der Waals surface area contributed by atoms with Crippen LogP contribution in [0.5, 0.6) is 0 Å². The fourth-order valence-corrected chi connectivity index (χ4v) is 3.16. The fourth-order valence-electron chi connectivity index (χ4n) is 3.16. The highest BCUT2D eigenvalue weighted by Gasteiger charge is 2.13. The number of anilines is 2. The first-order valence-corrected chi connectivity index (χ1v) is 8.22. The van der Waals surface area contributed by atoms with Crippen molar-refractivity contribution in [2.75, 3.05) is 5.32 Å². The summed E-state index contributed by atoms with van der Waals surface area (Å²) in [5.41, 5.74) is 6.64. The summed E-state index contributed by atoms with van der Waals surface area (Å²) >= 11 is 0. The van der Waals surface area contributed by atoms with E-state index in [1.165, 1.54) is 11.1 Å². The van der Waals surface area contributed by atoms with Gasteiger partial charge in [-0.05, 0) is 36.1 Å². The number of aryl methyl sites for hydroxylation is 1. The second-order valence-corrected chi connectivity index (χ2v) is 6.42. The van der Waals surface area contributed by atoms with Crippen LogP contribution < -0.4 is 5.32 Å². The van der Waals surface area contributed by atoms with Gasteiger partial charge in [-0.15, -0.1) is 0 Å². The molecule has 0 saturated carbocycles. The third-order valence-corrected chi connectivity index (χ3v) is 4.43. The SMILES string of the molecule is Cc1cccc(C(C)C)c1Nc1nc2ccccc2n2cncc12. The Hall–Kier alpha value is -2.88. The second kappa shape index (κ2) is 5.64. The predicted octanol–water partition coefficient (Wildman–Crippen LogP) is 5.06. The van der Waals surface area contributed by atoms with E-state index >= 15 is 0 Å². The van der Waals surface area contributed by atoms with Gasteiger partial charge in [0, 0.05) is 5.69 Å². The van der Waals surface area contributed by atoms with Crippen LogP contribution in [-0.2, 0) is 0 Å². The molecule has 0 aliphatic heterocycles. The van der Waals surface area contributed by atoms with E-state index in [1.807, 2.05) is 30.7 Å². The average molecular weight is 316 g/mol. The van der Waals surface area contributed by atoms with Crippen LogP contribution in [0, 0.1) is 6.92 Å². The molecule has 0 atom stereocenters. The first-order valence-electron chi connectivity index (χ1n) is 8.22. The van der Waals surface area contributed by atoms with Crippen molar-refractivity contribution >= 4 is 28.1 Å². The van der Waals surface area contributed by atoms with E-state index in [-0.39, 0.29) is 0 Å². The molecular weight excluding hydrogens is 296 g/mol. The lowest BCUT2D eigenvalue weighted by Gasteiger charge is -2.18. The number of aromatic nitrogens is 3. The highest BCUT2D eigenvalue weighted by Crippen LogP contribution is 2.32. The zero-order chi connectivity index (χ0) is 16.7. The van der Waals surface area contributed by atoms with E-state index in [1.54, 1.807) is 0 Å². The number of nitrogens with zero attached hydrogens (tertiary/aromatic N) is 3. The Balaban J connectivity index is 1.93. The van der Waals surface area contributed by atoms with Gasteiger partial charge in [0.15, 0.2) is 5.82 Å². The molecule has 1 N–H and O–H groups in total. The summed E-state index contributed by atoms with van der Waals surface area (Å²) in [6.07, 6.45) is 3.70. The summed E-state index contributed by atoms with van der Waals surface area (Å²) in [5.74, 6) is 1.27. The van der Waals surface area contributed by atoms with Gasteiger partial charge in [-0.2, -0.15) is 0 Å². The van der Waals surface area contributed by atoms with Crippen molar-refractivity contribution in [1.29, 1.82) is 0 Å². The maximum Gasteiger partial charge on any atom is 0.157 e. The van der Waals surface area contributed by atoms with Crippen molar-refractivity contribution in [1.82, 2.24) is 14.4 Å². The molecule has 0 amide bonds. The number of hydrogen-bond donors (Lipinski definition) is 1. The number of fused-ring (bicyclic) bond motifs is 3. The summed E-state index contributed by atoms with van der Waals surface area (Å²) in [6.45, 7) is 6.55. The molecule has 4 nitrogen and oxygen atoms in total. The summed E-state index contributed by atoms with van der Waals surface area (Å²) in [6, 6.07) is 14.5. The monoisotopic (exact) mass is 316 g/mol. The molecule has 0 aliphatic rings. The Kier molecular flexibility index (Phi) is 3.45. The smallest absolute Gasteiger partial charge is 0.157 e. The molecule has 0 spiro atoms. The highest BCUT2D eigenvalue weighted by molar-refractivity contribution is 5.86. The first kappa shape index (κ1) is 14.7. The maximum atomic E-state index is 4.84. The van der Waals surface area contributed by atoms with Gasteiger partial charge in [-0.3, -0.25) is 4.40 Å². The summed E-state index contributed by atoms with van der Waals surface area (Å²) in [7, 11) is 0. The molecular formula is C20H20N4. The van der Waals surface area contributed by atoms with Crippen LogP contribution in [0.1, 0.15) is 30.9 Å². The van der Waals surface area contributed by atoms with Crippen molar-refractivity contribution in [3.8, 4) is 0 Å². The molecule has 4 rings (SSSR count). The van der Waals surface area contributed by atoms with E-state index in [0.29, 0.717) is 5.92 Å². The van der Waals surface area contributed by atoms with Crippen molar-refractivity contribution in [2.45, 2.75) is 26.7 Å². The largest absolute Gasteiger partial charge is 0.338 e. The number of para-hydroxylation sites is 3. The van der Waals surface area contributed by atoms with Gasteiger partial charge in [0.1, 0.15) is 5.52 Å². The number of benzene rings is 2. The quantitative estimate of drug-likeness (QED) is 0.574. The molecule has 0 radical (unpaired) electrons. The Morgan fingerprint density at radius 3 is 2.67 bits per heavy atom. The number of imidazole rings is 1. The molecule has 2 aromatic heterocycles. The third-order valence-electron chi connectivity index (χ3n) is 4.43. The van der Waals surface area contributed by atoms with Crippen LogP contribution in [0.3, 0.4) is 0 Å². The minimum atomic E-state index is 0.439. The molecule has 0 aliphatic carbocycles. The van der Waals surface area contributed by atoms with E-state index < -0.39 is 0 Å². The van der Waals surface area contributed by atoms with Gasteiger partial charge in [0.05, 0.1) is 23.6 Å². The lowest BCUT2D eigenvalue weighted by Crippen LogP contribution is -2.04. The average Bonchev–Trinajstić information content (AvgIpc) is 3.06. The lowest BCUT2D eigenvalue weighted by molar-refractivity contribution is 0.867. The second-order valence-electron chi connectivity index (χ2n) is 6.42. The van der Waals surface area contributed by atoms with Crippen molar-refractivity contribution in [3.05, 3.63) is 66.1 Å². The molecule has 4 heteroatoms. The molecule has 2 aromatic carbocycles. The van der Waals surface area contributed by atoms with Gasteiger partial charge < -0.3 is 5.32 Å². The van der Waals surface area contributed by atoms with E-state index in [0.717, 1.165) is 28.1 Å². The Labute approximate surface area is 141 Å². The van der Waals surface area contributed by atoms with Crippen molar-refractivity contribution in [2.24, 2.45) is 0 Å². The number of nitrogens with one attached hydrogen (secondary N) is 1. The Morgan fingerprint density at radius 2 is 1.83 bits per heavy atom. The zero-order valence-electron chi connectivity index (χ0n) is 14.1. The fraction of sp³-hybridized carbons (Fsp3) is 0.200. The van der Waals surface area contributed by atoms with Crippen molar-refractivity contribution in [3.63, 3.8) is 0 Å². The van der Waals surface area contributed by atoms with E-state index in [2.05, 4.69) is 59.7 Å². The van der Waals surface area contributed by atoms with Crippen LogP contribution in [0.4, 0.5) is 11.5 Å². The van der Waals surface area contributed by atoms with E-state index in [9.17, 15) is 0 Å². The minimum absolute atomic E-state index is 0.439. The molecule has 2 heterocycles. The predicted molar refractivity (Wildman–Crippen MR) is 99.0 cm³/mol. The van der Waals surface area contributed by atoms with Crippen LogP contribution in [0.25, 0.3) is 16.6 Å². The molecule has 4 aromatic rings. The van der Waals surface area contributed by atoms with Crippen LogP contribution in [-0.4, -0.2) is 14.4 Å². The first-order chi connectivity index (χ1) is 11.6. The summed E-state index contributed by atoms with van der Waals surface area (Å²) < 4.78 is 2.08. The van der Waals surface area contributed by atoms with Crippen molar-refractivity contribution < 1.29 is 0 Å². The summed E-state index contributed by atoms with van der Waals surface area (Å²) in [4.78, 5) is 9.16. The molecule has 24 heavy (non-hydrogen) atoms. The van der Waals surface area contributed by atoms with Crippen LogP contribution >= 0.6 is 0 Å². The minimum Gasteiger partial charge on any atom is -0.338 e. The standard InChI is InChI=1S/C20H20N4/c1-13(2)15-8-6-7-14(3)19(15)23-20-18-11-21-12-24(18)17-10-5-4-9-16(17)22-20/h4-13H,1-3H3,(H,22,23).